The van der Waals surface area contributed by atoms with Crippen LogP contribution in [0.2, 0.25) is 0 Å². The van der Waals surface area contributed by atoms with Gasteiger partial charge in [0.1, 0.15) is 0 Å². The molecule has 0 spiro atoms. The largest absolute Gasteiger partial charge is 0.270 e. The second kappa shape index (κ2) is 6.38. The smallest absolute Gasteiger partial charge is 0.264 e. The second-order valence-corrected chi connectivity index (χ2v) is 7.08. The van der Waals surface area contributed by atoms with Gasteiger partial charge in [-0.3, -0.25) is 4.18 Å². The molecular formula is C15H19NO3S. The highest BCUT2D eigenvalue weighted by molar-refractivity contribution is 7.85. The lowest BCUT2D eigenvalue weighted by atomic mass is 9.79. The van der Waals surface area contributed by atoms with Gasteiger partial charge in [-0.1, -0.05) is 12.1 Å². The van der Waals surface area contributed by atoms with E-state index in [0.29, 0.717) is 24.0 Å². The van der Waals surface area contributed by atoms with E-state index in [1.165, 1.54) is 5.56 Å². The van der Waals surface area contributed by atoms with Crippen LogP contribution in [0.5, 0.6) is 0 Å². The Morgan fingerprint density at radius 3 is 2.30 bits per heavy atom. The first-order chi connectivity index (χ1) is 9.48. The zero-order chi connectivity index (χ0) is 14.6. The quantitative estimate of drug-likeness (QED) is 0.801. The van der Waals surface area contributed by atoms with Gasteiger partial charge in [0, 0.05) is 0 Å². The van der Waals surface area contributed by atoms with Crippen LogP contribution >= 0.6 is 0 Å². The predicted octanol–water partition coefficient (Wildman–Crippen LogP) is 2.81. The van der Waals surface area contributed by atoms with E-state index in [9.17, 15) is 8.42 Å². The fourth-order valence-electron chi connectivity index (χ4n) is 2.71. The summed E-state index contributed by atoms with van der Waals surface area (Å²) in [5, 5.41) is 8.79. The maximum absolute atomic E-state index is 11.0. The summed E-state index contributed by atoms with van der Waals surface area (Å²) in [4.78, 5) is 0. The molecule has 1 aliphatic carbocycles. The van der Waals surface area contributed by atoms with E-state index in [-0.39, 0.29) is 0 Å². The molecule has 0 heterocycles. The average Bonchev–Trinajstić information content (AvgIpc) is 2.45. The summed E-state index contributed by atoms with van der Waals surface area (Å²) < 4.78 is 26.8. The van der Waals surface area contributed by atoms with Crippen LogP contribution in [0.25, 0.3) is 0 Å². The predicted molar refractivity (Wildman–Crippen MR) is 76.7 cm³/mol. The molecule has 2 rings (SSSR count). The Morgan fingerprint density at radius 1 is 1.20 bits per heavy atom. The number of benzene rings is 1. The molecule has 108 valence electrons. The fourth-order valence-corrected chi connectivity index (χ4v) is 3.15. The Kier molecular flexibility index (Phi) is 4.79. The maximum atomic E-state index is 11.0. The number of hydrogen-bond acceptors (Lipinski definition) is 4. The van der Waals surface area contributed by atoms with Crippen molar-refractivity contribution in [2.45, 2.75) is 31.6 Å². The van der Waals surface area contributed by atoms with Crippen LogP contribution < -0.4 is 0 Å². The second-order valence-electron chi connectivity index (χ2n) is 5.44. The van der Waals surface area contributed by atoms with Crippen LogP contribution in [0.4, 0.5) is 0 Å². The monoisotopic (exact) mass is 293 g/mol. The first kappa shape index (κ1) is 15.0. The standard InChI is InChI=1S/C15H19NO3S/c1-20(17,18)19-11-13-4-8-15(9-5-13)14-6-2-12(10-16)3-7-14/h2-3,6-7,13,15H,4-5,8-9,11H2,1H3. The molecule has 20 heavy (non-hydrogen) atoms. The van der Waals surface area contributed by atoms with Crippen LogP contribution in [0.3, 0.4) is 0 Å². The van der Waals surface area contributed by atoms with E-state index in [1.807, 2.05) is 24.3 Å². The van der Waals surface area contributed by atoms with E-state index in [4.69, 9.17) is 9.44 Å². The zero-order valence-corrected chi connectivity index (χ0v) is 12.4. The first-order valence-corrected chi connectivity index (χ1v) is 8.64. The van der Waals surface area contributed by atoms with Gasteiger partial charge >= 0.3 is 0 Å². The summed E-state index contributed by atoms with van der Waals surface area (Å²) in [6.07, 6.45) is 5.16. The van der Waals surface area contributed by atoms with Crippen molar-refractivity contribution in [2.24, 2.45) is 5.92 Å². The molecule has 0 amide bonds. The first-order valence-electron chi connectivity index (χ1n) is 6.82. The third-order valence-corrected chi connectivity index (χ3v) is 4.44. The van der Waals surface area contributed by atoms with Crippen LogP contribution in [-0.4, -0.2) is 21.3 Å². The Morgan fingerprint density at radius 2 is 1.80 bits per heavy atom. The molecule has 1 aliphatic rings. The van der Waals surface area contributed by atoms with Crippen molar-refractivity contribution in [2.75, 3.05) is 12.9 Å². The van der Waals surface area contributed by atoms with Gasteiger partial charge in [0.05, 0.1) is 24.5 Å². The Balaban J connectivity index is 1.86. The molecule has 4 nitrogen and oxygen atoms in total. The van der Waals surface area contributed by atoms with E-state index in [0.717, 1.165) is 31.9 Å². The Bertz CT molecular complexity index is 579. The normalized spacial score (nSPS) is 23.2. The summed E-state index contributed by atoms with van der Waals surface area (Å²) in [5.74, 6) is 0.844. The lowest BCUT2D eigenvalue weighted by Crippen LogP contribution is -2.19. The molecule has 0 N–H and O–H groups in total. The summed E-state index contributed by atoms with van der Waals surface area (Å²) in [6.45, 7) is 0.304. The van der Waals surface area contributed by atoms with Crippen molar-refractivity contribution in [1.29, 1.82) is 5.26 Å². The number of nitrogens with zero attached hydrogens (tertiary/aromatic N) is 1. The van der Waals surface area contributed by atoms with Gasteiger partial charge in [0.2, 0.25) is 0 Å². The van der Waals surface area contributed by atoms with E-state index in [1.54, 1.807) is 0 Å². The number of nitriles is 1. The minimum Gasteiger partial charge on any atom is -0.270 e. The van der Waals surface area contributed by atoms with Gasteiger partial charge in [-0.25, -0.2) is 0 Å². The topological polar surface area (TPSA) is 67.2 Å². The SMILES string of the molecule is CS(=O)(=O)OCC1CCC(c2ccc(C#N)cc2)CC1. The van der Waals surface area contributed by atoms with Gasteiger partial charge in [-0.2, -0.15) is 13.7 Å². The molecule has 0 radical (unpaired) electrons. The van der Waals surface area contributed by atoms with Crippen LogP contribution in [0.1, 0.15) is 42.7 Å². The lowest BCUT2D eigenvalue weighted by Gasteiger charge is -2.28. The number of rotatable bonds is 4. The average molecular weight is 293 g/mol. The third kappa shape index (κ3) is 4.32. The van der Waals surface area contributed by atoms with Gasteiger partial charge in [-0.05, 0) is 55.2 Å². The Labute approximate surface area is 120 Å². The lowest BCUT2D eigenvalue weighted by molar-refractivity contribution is 0.206. The summed E-state index contributed by atoms with van der Waals surface area (Å²) in [7, 11) is -3.33. The molecule has 0 bridgehead atoms. The zero-order valence-electron chi connectivity index (χ0n) is 11.6. The highest BCUT2D eigenvalue weighted by Crippen LogP contribution is 2.36. The van der Waals surface area contributed by atoms with Crippen molar-refractivity contribution < 1.29 is 12.6 Å². The highest BCUT2D eigenvalue weighted by atomic mass is 32.2. The minimum absolute atomic E-state index is 0.304. The molecule has 1 aromatic rings. The van der Waals surface area contributed by atoms with E-state index in [2.05, 4.69) is 6.07 Å². The molecule has 0 unspecified atom stereocenters. The molecule has 1 fully saturated rings. The van der Waals surface area contributed by atoms with Crippen LogP contribution in [-0.2, 0) is 14.3 Å². The highest BCUT2D eigenvalue weighted by Gasteiger charge is 2.23. The minimum atomic E-state index is -3.33. The van der Waals surface area contributed by atoms with Gasteiger partial charge < -0.3 is 0 Å². The summed E-state index contributed by atoms with van der Waals surface area (Å²) in [5.41, 5.74) is 1.95. The van der Waals surface area contributed by atoms with Crippen molar-refractivity contribution >= 4 is 10.1 Å². The van der Waals surface area contributed by atoms with Crippen molar-refractivity contribution in [3.8, 4) is 6.07 Å². The van der Waals surface area contributed by atoms with E-state index >= 15 is 0 Å². The molecule has 5 heteroatoms. The van der Waals surface area contributed by atoms with E-state index < -0.39 is 10.1 Å². The summed E-state index contributed by atoms with van der Waals surface area (Å²) in [6, 6.07) is 9.88. The van der Waals surface area contributed by atoms with Crippen molar-refractivity contribution in [1.82, 2.24) is 0 Å². The molecule has 0 aliphatic heterocycles. The maximum Gasteiger partial charge on any atom is 0.264 e. The molecule has 1 aromatic carbocycles. The molecule has 1 saturated carbocycles. The summed E-state index contributed by atoms with van der Waals surface area (Å²) >= 11 is 0. The van der Waals surface area contributed by atoms with Crippen LogP contribution in [0, 0.1) is 17.2 Å². The molecule has 0 aromatic heterocycles. The molecule has 0 atom stereocenters. The van der Waals surface area contributed by atoms with Gasteiger partial charge in [-0.15, -0.1) is 0 Å². The molecular weight excluding hydrogens is 274 g/mol. The van der Waals surface area contributed by atoms with Crippen LogP contribution in [0.15, 0.2) is 24.3 Å². The van der Waals surface area contributed by atoms with Gasteiger partial charge in [0.15, 0.2) is 0 Å². The number of hydrogen-bond donors (Lipinski definition) is 0. The third-order valence-electron chi connectivity index (χ3n) is 3.88. The fraction of sp³-hybridized carbons (Fsp3) is 0.533. The van der Waals surface area contributed by atoms with Gasteiger partial charge in [0.25, 0.3) is 10.1 Å². The van der Waals surface area contributed by atoms with Crippen molar-refractivity contribution in [3.05, 3.63) is 35.4 Å². The van der Waals surface area contributed by atoms with Crippen molar-refractivity contribution in [3.63, 3.8) is 0 Å². The molecule has 0 saturated heterocycles. The Hall–Kier alpha value is -1.38.